The molecular formula is C14H28N2O. The summed E-state index contributed by atoms with van der Waals surface area (Å²) in [6.45, 7) is 9.62. The Morgan fingerprint density at radius 2 is 2.06 bits per heavy atom. The summed E-state index contributed by atoms with van der Waals surface area (Å²) < 4.78 is 0. The number of nitrogens with two attached hydrogens (primary N) is 1. The zero-order valence-corrected chi connectivity index (χ0v) is 11.8. The van der Waals surface area contributed by atoms with Gasteiger partial charge in [-0.3, -0.25) is 4.79 Å². The van der Waals surface area contributed by atoms with E-state index in [2.05, 4.69) is 27.7 Å². The molecule has 1 rings (SSSR count). The highest BCUT2D eigenvalue weighted by Gasteiger charge is 2.26. The average molecular weight is 240 g/mol. The van der Waals surface area contributed by atoms with E-state index in [0.717, 1.165) is 32.2 Å². The summed E-state index contributed by atoms with van der Waals surface area (Å²) in [5.41, 5.74) is 6.24. The second-order valence-electron chi connectivity index (χ2n) is 6.63. The molecule has 1 heterocycles. The smallest absolute Gasteiger partial charge is 0.222 e. The average Bonchev–Trinajstić information content (AvgIpc) is 2.15. The molecule has 3 heteroatoms. The third kappa shape index (κ3) is 5.07. The summed E-state index contributed by atoms with van der Waals surface area (Å²) >= 11 is 0. The van der Waals surface area contributed by atoms with Crippen LogP contribution >= 0.6 is 0 Å². The highest BCUT2D eigenvalue weighted by atomic mass is 16.2. The van der Waals surface area contributed by atoms with Gasteiger partial charge in [-0.1, -0.05) is 20.8 Å². The molecule has 0 aromatic heterocycles. The third-order valence-corrected chi connectivity index (χ3v) is 3.55. The van der Waals surface area contributed by atoms with Gasteiger partial charge < -0.3 is 10.6 Å². The number of piperidine rings is 1. The van der Waals surface area contributed by atoms with Crippen molar-refractivity contribution in [2.24, 2.45) is 11.1 Å². The van der Waals surface area contributed by atoms with Gasteiger partial charge in [0.15, 0.2) is 0 Å². The van der Waals surface area contributed by atoms with Crippen molar-refractivity contribution in [3.8, 4) is 0 Å². The molecule has 1 aliphatic rings. The standard InChI is InChI=1S/C14H28N2O/c1-11-10-12(15)7-9-16(11)13(17)6-5-8-14(2,3)4/h11-12H,5-10,15H2,1-4H3/t11-,12-/m0/s1. The predicted octanol–water partition coefficient (Wildman–Crippen LogP) is 2.54. The molecule has 2 atom stereocenters. The van der Waals surface area contributed by atoms with Gasteiger partial charge in [0.25, 0.3) is 0 Å². The van der Waals surface area contributed by atoms with E-state index in [1.165, 1.54) is 0 Å². The van der Waals surface area contributed by atoms with Crippen LogP contribution in [0.25, 0.3) is 0 Å². The van der Waals surface area contributed by atoms with Gasteiger partial charge in [0.2, 0.25) is 5.91 Å². The van der Waals surface area contributed by atoms with E-state index in [9.17, 15) is 4.79 Å². The predicted molar refractivity (Wildman–Crippen MR) is 71.7 cm³/mol. The maximum Gasteiger partial charge on any atom is 0.222 e. The van der Waals surface area contributed by atoms with Crippen molar-refractivity contribution in [2.75, 3.05) is 6.54 Å². The quantitative estimate of drug-likeness (QED) is 0.824. The van der Waals surface area contributed by atoms with E-state index in [4.69, 9.17) is 5.73 Å². The Hall–Kier alpha value is -0.570. The van der Waals surface area contributed by atoms with Crippen LogP contribution in [0.4, 0.5) is 0 Å². The van der Waals surface area contributed by atoms with Crippen LogP contribution in [0.5, 0.6) is 0 Å². The number of carbonyl (C=O) groups excluding carboxylic acids is 1. The fourth-order valence-corrected chi connectivity index (χ4v) is 2.49. The Morgan fingerprint density at radius 1 is 1.41 bits per heavy atom. The van der Waals surface area contributed by atoms with Gasteiger partial charge in [-0.2, -0.15) is 0 Å². The van der Waals surface area contributed by atoms with E-state index in [1.807, 2.05) is 4.90 Å². The molecule has 0 saturated carbocycles. The summed E-state index contributed by atoms with van der Waals surface area (Å²) in [6.07, 6.45) is 4.70. The number of amides is 1. The number of nitrogens with zero attached hydrogens (tertiary/aromatic N) is 1. The van der Waals surface area contributed by atoms with Gasteiger partial charge in [0, 0.05) is 25.0 Å². The second-order valence-corrected chi connectivity index (χ2v) is 6.63. The summed E-state index contributed by atoms with van der Waals surface area (Å²) in [7, 11) is 0. The number of carbonyl (C=O) groups is 1. The van der Waals surface area contributed by atoms with Crippen molar-refractivity contribution < 1.29 is 4.79 Å². The Bertz CT molecular complexity index is 257. The second kappa shape index (κ2) is 5.85. The fourth-order valence-electron chi connectivity index (χ4n) is 2.49. The van der Waals surface area contributed by atoms with E-state index < -0.39 is 0 Å². The van der Waals surface area contributed by atoms with Gasteiger partial charge >= 0.3 is 0 Å². The summed E-state index contributed by atoms with van der Waals surface area (Å²) in [6, 6.07) is 0.601. The van der Waals surface area contributed by atoms with Crippen LogP contribution in [0.15, 0.2) is 0 Å². The SMILES string of the molecule is C[C@H]1C[C@@H](N)CCN1C(=O)CCCC(C)(C)C. The zero-order chi connectivity index (χ0) is 13.1. The molecule has 17 heavy (non-hydrogen) atoms. The number of hydrogen-bond acceptors (Lipinski definition) is 2. The molecule has 0 spiro atoms. The van der Waals surface area contributed by atoms with Crippen LogP contribution in [0.3, 0.4) is 0 Å². The van der Waals surface area contributed by atoms with Crippen LogP contribution in [-0.4, -0.2) is 29.4 Å². The van der Waals surface area contributed by atoms with E-state index in [0.29, 0.717) is 23.8 Å². The molecule has 1 fully saturated rings. The molecule has 1 aliphatic heterocycles. The first-order valence-corrected chi connectivity index (χ1v) is 6.84. The summed E-state index contributed by atoms with van der Waals surface area (Å²) in [5.74, 6) is 0.314. The number of rotatable bonds is 3. The highest BCUT2D eigenvalue weighted by molar-refractivity contribution is 5.76. The molecule has 0 aliphatic carbocycles. The zero-order valence-electron chi connectivity index (χ0n) is 11.8. The molecule has 1 amide bonds. The lowest BCUT2D eigenvalue weighted by atomic mass is 9.89. The molecule has 0 aromatic rings. The fraction of sp³-hybridized carbons (Fsp3) is 0.929. The third-order valence-electron chi connectivity index (χ3n) is 3.55. The Balaban J connectivity index is 2.32. The van der Waals surface area contributed by atoms with Gasteiger partial charge in [-0.15, -0.1) is 0 Å². The van der Waals surface area contributed by atoms with Crippen molar-refractivity contribution in [1.82, 2.24) is 4.90 Å². The molecule has 0 radical (unpaired) electrons. The molecule has 2 N–H and O–H groups in total. The Labute approximate surface area is 106 Å². The minimum absolute atomic E-state index is 0.281. The molecule has 100 valence electrons. The van der Waals surface area contributed by atoms with Gasteiger partial charge in [0.05, 0.1) is 0 Å². The molecule has 0 aromatic carbocycles. The molecule has 0 unspecified atom stereocenters. The lowest BCUT2D eigenvalue weighted by molar-refractivity contribution is -0.134. The van der Waals surface area contributed by atoms with Gasteiger partial charge in [-0.25, -0.2) is 0 Å². The maximum absolute atomic E-state index is 12.1. The van der Waals surface area contributed by atoms with Crippen LogP contribution < -0.4 is 5.73 Å². The lowest BCUT2D eigenvalue weighted by Gasteiger charge is -2.36. The van der Waals surface area contributed by atoms with Crippen LogP contribution in [0.2, 0.25) is 0 Å². The number of likely N-dealkylation sites (tertiary alicyclic amines) is 1. The van der Waals surface area contributed by atoms with Crippen molar-refractivity contribution in [3.63, 3.8) is 0 Å². The Morgan fingerprint density at radius 3 is 2.59 bits per heavy atom. The minimum Gasteiger partial charge on any atom is -0.340 e. The van der Waals surface area contributed by atoms with Crippen molar-refractivity contribution in [1.29, 1.82) is 0 Å². The normalized spacial score (nSPS) is 26.1. The first kappa shape index (κ1) is 14.5. The van der Waals surface area contributed by atoms with Crippen LogP contribution in [-0.2, 0) is 4.79 Å². The first-order chi connectivity index (χ1) is 7.79. The van der Waals surface area contributed by atoms with Gasteiger partial charge in [-0.05, 0) is 38.0 Å². The summed E-state index contributed by atoms with van der Waals surface area (Å²) in [4.78, 5) is 14.1. The minimum atomic E-state index is 0.281. The topological polar surface area (TPSA) is 46.3 Å². The molecule has 3 nitrogen and oxygen atoms in total. The lowest BCUT2D eigenvalue weighted by Crippen LogP contribution is -2.48. The summed E-state index contributed by atoms with van der Waals surface area (Å²) in [5, 5.41) is 0. The molecule has 0 bridgehead atoms. The molecular weight excluding hydrogens is 212 g/mol. The largest absolute Gasteiger partial charge is 0.340 e. The van der Waals surface area contributed by atoms with Crippen molar-refractivity contribution in [3.05, 3.63) is 0 Å². The molecule has 1 saturated heterocycles. The first-order valence-electron chi connectivity index (χ1n) is 6.84. The van der Waals surface area contributed by atoms with Crippen LogP contribution in [0.1, 0.15) is 59.8 Å². The van der Waals surface area contributed by atoms with Crippen molar-refractivity contribution in [2.45, 2.75) is 71.9 Å². The van der Waals surface area contributed by atoms with E-state index >= 15 is 0 Å². The van der Waals surface area contributed by atoms with E-state index in [-0.39, 0.29) is 6.04 Å². The highest BCUT2D eigenvalue weighted by Crippen LogP contribution is 2.23. The van der Waals surface area contributed by atoms with Crippen LogP contribution in [0, 0.1) is 5.41 Å². The Kier molecular flexibility index (Phi) is 4.99. The van der Waals surface area contributed by atoms with Gasteiger partial charge in [0.1, 0.15) is 0 Å². The number of hydrogen-bond donors (Lipinski definition) is 1. The maximum atomic E-state index is 12.1. The van der Waals surface area contributed by atoms with E-state index in [1.54, 1.807) is 0 Å². The monoisotopic (exact) mass is 240 g/mol. The van der Waals surface area contributed by atoms with Crippen molar-refractivity contribution >= 4 is 5.91 Å².